The molecule has 0 saturated carbocycles. The first kappa shape index (κ1) is 10.2. The van der Waals surface area contributed by atoms with Crippen molar-refractivity contribution < 1.29 is 0 Å². The van der Waals surface area contributed by atoms with Crippen LogP contribution in [-0.2, 0) is 6.42 Å². The van der Waals surface area contributed by atoms with Crippen molar-refractivity contribution in [3.05, 3.63) is 27.0 Å². The molecule has 2 aromatic heterocycles. The first-order valence-corrected chi connectivity index (χ1v) is 5.41. The van der Waals surface area contributed by atoms with Crippen LogP contribution in [0, 0.1) is 0 Å². The molecule has 2 rings (SSSR count). The predicted octanol–water partition coefficient (Wildman–Crippen LogP) is 1.43. The molecule has 0 amide bonds. The average Bonchev–Trinajstić information content (AvgIpc) is 2.20. The molecule has 78 valence electrons. The van der Waals surface area contributed by atoms with Crippen LogP contribution >= 0.6 is 15.9 Å². The summed E-state index contributed by atoms with van der Waals surface area (Å²) in [5, 5.41) is 0. The van der Waals surface area contributed by atoms with Gasteiger partial charge >= 0.3 is 0 Å². The lowest BCUT2D eigenvalue weighted by Crippen LogP contribution is -2.14. The Morgan fingerprint density at radius 1 is 1.47 bits per heavy atom. The topological polar surface area (TPSA) is 71.5 Å². The molecule has 0 aromatic carbocycles. The molecule has 0 aliphatic carbocycles. The Labute approximate surface area is 94.1 Å². The molecule has 0 fully saturated rings. The van der Waals surface area contributed by atoms with Crippen molar-refractivity contribution >= 4 is 27.1 Å². The molecule has 0 unspecified atom stereocenters. The van der Waals surface area contributed by atoms with E-state index in [4.69, 9.17) is 0 Å². The van der Waals surface area contributed by atoms with Gasteiger partial charge in [0.2, 0.25) is 0 Å². The maximum Gasteiger partial charge on any atom is 0.279 e. The van der Waals surface area contributed by atoms with Crippen LogP contribution in [0.3, 0.4) is 0 Å². The predicted molar refractivity (Wildman–Crippen MR) is 59.6 cm³/mol. The highest BCUT2D eigenvalue weighted by Gasteiger charge is 2.06. The highest BCUT2D eigenvalue weighted by molar-refractivity contribution is 9.10. The lowest BCUT2D eigenvalue weighted by molar-refractivity contribution is 0.831. The summed E-state index contributed by atoms with van der Waals surface area (Å²) in [6, 6.07) is 0. The van der Waals surface area contributed by atoms with Crippen LogP contribution in [0.2, 0.25) is 0 Å². The molecule has 5 nitrogen and oxygen atoms in total. The second-order valence-electron chi connectivity index (χ2n) is 3.13. The summed E-state index contributed by atoms with van der Waals surface area (Å²) in [4.78, 5) is 26.6. The number of aromatic nitrogens is 4. The SMILES string of the molecule is CCCc1nc2ncc(Br)nc2c(=O)[nH]1. The standard InChI is InChI=1S/C9H9BrN4O/c1-2-3-6-13-8-7(9(15)14-6)12-5(10)4-11-8/h4H,2-3H2,1H3,(H,11,13,14,15). The number of aromatic amines is 1. The van der Waals surface area contributed by atoms with Gasteiger partial charge in [-0.3, -0.25) is 4.79 Å². The minimum absolute atomic E-state index is 0.239. The van der Waals surface area contributed by atoms with Gasteiger partial charge in [0.25, 0.3) is 5.56 Å². The molecule has 0 bridgehead atoms. The van der Waals surface area contributed by atoms with Crippen molar-refractivity contribution in [2.45, 2.75) is 19.8 Å². The lowest BCUT2D eigenvalue weighted by Gasteiger charge is -1.99. The molecule has 0 aliphatic rings. The number of fused-ring (bicyclic) bond motifs is 1. The Morgan fingerprint density at radius 2 is 2.27 bits per heavy atom. The number of H-pyrrole nitrogens is 1. The zero-order valence-electron chi connectivity index (χ0n) is 8.12. The molecule has 0 spiro atoms. The van der Waals surface area contributed by atoms with Gasteiger partial charge in [0.15, 0.2) is 11.2 Å². The largest absolute Gasteiger partial charge is 0.309 e. The van der Waals surface area contributed by atoms with Gasteiger partial charge in [-0.15, -0.1) is 0 Å². The van der Waals surface area contributed by atoms with Crippen molar-refractivity contribution in [3.63, 3.8) is 0 Å². The third-order valence-corrected chi connectivity index (χ3v) is 2.31. The molecule has 0 radical (unpaired) electrons. The summed E-state index contributed by atoms with van der Waals surface area (Å²) in [5.74, 6) is 0.659. The van der Waals surface area contributed by atoms with E-state index in [2.05, 4.69) is 35.9 Å². The van der Waals surface area contributed by atoms with Crippen molar-refractivity contribution in [2.75, 3.05) is 0 Å². The Kier molecular flexibility index (Phi) is 2.77. The summed E-state index contributed by atoms with van der Waals surface area (Å²) in [6.45, 7) is 2.03. The van der Waals surface area contributed by atoms with Crippen molar-refractivity contribution in [1.29, 1.82) is 0 Å². The van der Waals surface area contributed by atoms with E-state index in [0.717, 1.165) is 12.8 Å². The molecular formula is C9H9BrN4O. The Hall–Kier alpha value is -1.30. The van der Waals surface area contributed by atoms with Crippen molar-refractivity contribution in [2.24, 2.45) is 0 Å². The smallest absolute Gasteiger partial charge is 0.279 e. The van der Waals surface area contributed by atoms with Gasteiger partial charge in [-0.1, -0.05) is 6.92 Å². The normalized spacial score (nSPS) is 10.8. The molecule has 6 heteroatoms. The minimum Gasteiger partial charge on any atom is -0.309 e. The van der Waals surface area contributed by atoms with Gasteiger partial charge in [0, 0.05) is 6.42 Å². The molecule has 0 atom stereocenters. The van der Waals surface area contributed by atoms with E-state index in [1.807, 2.05) is 6.92 Å². The van der Waals surface area contributed by atoms with Gasteiger partial charge in [-0.2, -0.15) is 0 Å². The zero-order chi connectivity index (χ0) is 10.8. The highest BCUT2D eigenvalue weighted by atomic mass is 79.9. The summed E-state index contributed by atoms with van der Waals surface area (Å²) in [7, 11) is 0. The van der Waals surface area contributed by atoms with E-state index < -0.39 is 0 Å². The first-order valence-electron chi connectivity index (χ1n) is 4.62. The number of aryl methyl sites for hydroxylation is 1. The average molecular weight is 269 g/mol. The third kappa shape index (κ3) is 2.04. The van der Waals surface area contributed by atoms with Crippen LogP contribution in [0.25, 0.3) is 11.2 Å². The quantitative estimate of drug-likeness (QED) is 0.895. The monoisotopic (exact) mass is 268 g/mol. The van der Waals surface area contributed by atoms with E-state index in [1.165, 1.54) is 6.20 Å². The first-order chi connectivity index (χ1) is 7.20. The van der Waals surface area contributed by atoms with E-state index in [9.17, 15) is 4.79 Å². The van der Waals surface area contributed by atoms with Crippen LogP contribution < -0.4 is 5.56 Å². The fraction of sp³-hybridized carbons (Fsp3) is 0.333. The number of nitrogens with one attached hydrogen (secondary N) is 1. The maximum atomic E-state index is 11.6. The Bertz CT molecular complexity index is 551. The second kappa shape index (κ2) is 4.06. The molecule has 2 aromatic rings. The molecule has 2 heterocycles. The molecule has 1 N–H and O–H groups in total. The number of hydrogen-bond acceptors (Lipinski definition) is 4. The van der Waals surface area contributed by atoms with E-state index >= 15 is 0 Å². The number of hydrogen-bond donors (Lipinski definition) is 1. The highest BCUT2D eigenvalue weighted by Crippen LogP contribution is 2.07. The summed E-state index contributed by atoms with van der Waals surface area (Å²) >= 11 is 3.16. The van der Waals surface area contributed by atoms with Crippen LogP contribution in [-0.4, -0.2) is 19.9 Å². The van der Waals surface area contributed by atoms with Gasteiger partial charge in [0.1, 0.15) is 10.4 Å². The Balaban J connectivity index is 2.67. The van der Waals surface area contributed by atoms with E-state index in [1.54, 1.807) is 0 Å². The molecular weight excluding hydrogens is 260 g/mol. The number of rotatable bonds is 2. The molecule has 15 heavy (non-hydrogen) atoms. The number of halogens is 1. The van der Waals surface area contributed by atoms with Gasteiger partial charge < -0.3 is 4.98 Å². The number of nitrogens with zero attached hydrogens (tertiary/aromatic N) is 3. The van der Waals surface area contributed by atoms with Crippen molar-refractivity contribution in [1.82, 2.24) is 19.9 Å². The van der Waals surface area contributed by atoms with Crippen LogP contribution in [0.1, 0.15) is 19.2 Å². The summed E-state index contributed by atoms with van der Waals surface area (Å²) < 4.78 is 0.533. The van der Waals surface area contributed by atoms with Gasteiger partial charge in [-0.25, -0.2) is 15.0 Å². The fourth-order valence-electron chi connectivity index (χ4n) is 1.30. The van der Waals surface area contributed by atoms with Crippen LogP contribution in [0.15, 0.2) is 15.6 Å². The minimum atomic E-state index is -0.239. The fourth-order valence-corrected chi connectivity index (χ4v) is 1.58. The van der Waals surface area contributed by atoms with E-state index in [0.29, 0.717) is 16.1 Å². The lowest BCUT2D eigenvalue weighted by atomic mass is 10.3. The molecule has 0 aliphatic heterocycles. The van der Waals surface area contributed by atoms with Crippen molar-refractivity contribution in [3.8, 4) is 0 Å². The summed E-state index contributed by atoms with van der Waals surface area (Å²) in [6.07, 6.45) is 3.20. The van der Waals surface area contributed by atoms with E-state index in [-0.39, 0.29) is 11.1 Å². The van der Waals surface area contributed by atoms with Crippen LogP contribution in [0.5, 0.6) is 0 Å². The van der Waals surface area contributed by atoms with Gasteiger partial charge in [0.05, 0.1) is 6.20 Å². The maximum absolute atomic E-state index is 11.6. The van der Waals surface area contributed by atoms with Gasteiger partial charge in [-0.05, 0) is 22.4 Å². The van der Waals surface area contributed by atoms with Crippen LogP contribution in [0.4, 0.5) is 0 Å². The molecule has 0 saturated heterocycles. The third-order valence-electron chi connectivity index (χ3n) is 1.92. The zero-order valence-corrected chi connectivity index (χ0v) is 9.71. The summed E-state index contributed by atoms with van der Waals surface area (Å²) in [5.41, 5.74) is 0.423. The second-order valence-corrected chi connectivity index (χ2v) is 3.94. The Morgan fingerprint density at radius 3 is 3.00 bits per heavy atom.